The van der Waals surface area contributed by atoms with Crippen molar-refractivity contribution in [2.45, 2.75) is 45.6 Å². The number of thiazole rings is 1. The number of aryl methyl sites for hydroxylation is 1. The van der Waals surface area contributed by atoms with Crippen molar-refractivity contribution in [3.05, 3.63) is 51.5 Å². The van der Waals surface area contributed by atoms with Crippen LogP contribution in [0.3, 0.4) is 0 Å². The van der Waals surface area contributed by atoms with Crippen LogP contribution in [0.15, 0.2) is 29.6 Å². The van der Waals surface area contributed by atoms with Gasteiger partial charge in [0.1, 0.15) is 0 Å². The molecular weight excluding hydrogens is 266 g/mol. The van der Waals surface area contributed by atoms with E-state index in [1.807, 2.05) is 6.92 Å². The lowest BCUT2D eigenvalue weighted by Gasteiger charge is -2.27. The Hall–Kier alpha value is -1.23. The first-order chi connectivity index (χ1) is 9.41. The van der Waals surface area contributed by atoms with Gasteiger partial charge in [0.2, 0.25) is 0 Å². The van der Waals surface area contributed by atoms with E-state index in [1.165, 1.54) is 11.1 Å². The van der Waals surface area contributed by atoms with Gasteiger partial charge in [-0.2, -0.15) is 0 Å². The molecule has 4 heteroatoms. The van der Waals surface area contributed by atoms with Gasteiger partial charge in [0.25, 0.3) is 0 Å². The first kappa shape index (κ1) is 15.2. The van der Waals surface area contributed by atoms with E-state index in [9.17, 15) is 0 Å². The molecule has 1 atom stereocenters. The first-order valence-corrected chi connectivity index (χ1v) is 7.76. The fourth-order valence-electron chi connectivity index (χ4n) is 2.41. The second kappa shape index (κ2) is 6.04. The molecule has 1 aromatic carbocycles. The molecule has 108 valence electrons. The molecule has 0 fully saturated rings. The summed E-state index contributed by atoms with van der Waals surface area (Å²) in [5.74, 6) is 5.80. The molecule has 0 aliphatic rings. The number of nitrogens with zero attached hydrogens (tertiary/aromatic N) is 1. The highest BCUT2D eigenvalue weighted by Crippen LogP contribution is 2.31. The lowest BCUT2D eigenvalue weighted by Crippen LogP contribution is -2.31. The molecule has 3 N–H and O–H groups in total. The van der Waals surface area contributed by atoms with Crippen LogP contribution >= 0.6 is 11.3 Å². The molecule has 0 amide bonds. The van der Waals surface area contributed by atoms with E-state index in [1.54, 1.807) is 11.3 Å². The standard InChI is InChI=1S/C16H23N3S/c1-11-10-20-15(18-11)9-14(19-17)12-7-5-6-8-13(12)16(2,3)4/h5-8,10,14,19H,9,17H2,1-4H3. The number of nitrogens with two attached hydrogens (primary N) is 1. The number of aromatic nitrogens is 1. The molecule has 0 bridgehead atoms. The van der Waals surface area contributed by atoms with Crippen LogP contribution in [0.4, 0.5) is 0 Å². The molecule has 0 aliphatic heterocycles. The smallest absolute Gasteiger partial charge is 0.0947 e. The largest absolute Gasteiger partial charge is 0.271 e. The van der Waals surface area contributed by atoms with Gasteiger partial charge in [0.15, 0.2) is 0 Å². The van der Waals surface area contributed by atoms with E-state index in [0.717, 1.165) is 17.1 Å². The van der Waals surface area contributed by atoms with Crippen LogP contribution in [-0.2, 0) is 11.8 Å². The molecule has 3 nitrogen and oxygen atoms in total. The van der Waals surface area contributed by atoms with Gasteiger partial charge < -0.3 is 0 Å². The van der Waals surface area contributed by atoms with Gasteiger partial charge in [0, 0.05) is 17.5 Å². The lowest BCUT2D eigenvalue weighted by atomic mass is 9.81. The van der Waals surface area contributed by atoms with Gasteiger partial charge in [0.05, 0.1) is 11.0 Å². The Balaban J connectivity index is 2.32. The molecule has 1 aromatic heterocycles. The zero-order valence-electron chi connectivity index (χ0n) is 12.6. The predicted molar refractivity (Wildman–Crippen MR) is 85.8 cm³/mol. The molecule has 1 heterocycles. The van der Waals surface area contributed by atoms with Crippen molar-refractivity contribution < 1.29 is 0 Å². The Kier molecular flexibility index (Phi) is 4.58. The van der Waals surface area contributed by atoms with Gasteiger partial charge in [-0.1, -0.05) is 45.0 Å². The van der Waals surface area contributed by atoms with E-state index in [-0.39, 0.29) is 11.5 Å². The summed E-state index contributed by atoms with van der Waals surface area (Å²) in [5.41, 5.74) is 6.72. The number of benzene rings is 1. The number of rotatable bonds is 4. The first-order valence-electron chi connectivity index (χ1n) is 6.88. The Labute approximate surface area is 125 Å². The second-order valence-corrected chi connectivity index (χ2v) is 7.09. The third kappa shape index (κ3) is 3.45. The Morgan fingerprint density at radius 1 is 1.30 bits per heavy atom. The van der Waals surface area contributed by atoms with Crippen molar-refractivity contribution in [1.82, 2.24) is 10.4 Å². The van der Waals surface area contributed by atoms with Crippen molar-refractivity contribution in [1.29, 1.82) is 0 Å². The SMILES string of the molecule is Cc1csc(CC(NN)c2ccccc2C(C)(C)C)n1. The van der Waals surface area contributed by atoms with E-state index < -0.39 is 0 Å². The molecule has 0 saturated carbocycles. The number of hydrogen-bond acceptors (Lipinski definition) is 4. The van der Waals surface area contributed by atoms with E-state index >= 15 is 0 Å². The van der Waals surface area contributed by atoms with E-state index in [0.29, 0.717) is 0 Å². The third-order valence-electron chi connectivity index (χ3n) is 3.39. The molecule has 0 radical (unpaired) electrons. The fraction of sp³-hybridized carbons (Fsp3) is 0.438. The van der Waals surface area contributed by atoms with Crippen LogP contribution in [0.2, 0.25) is 0 Å². The van der Waals surface area contributed by atoms with Crippen molar-refractivity contribution >= 4 is 11.3 Å². The number of hydrogen-bond donors (Lipinski definition) is 2. The van der Waals surface area contributed by atoms with E-state index in [2.05, 4.69) is 60.8 Å². The highest BCUT2D eigenvalue weighted by molar-refractivity contribution is 7.09. The van der Waals surface area contributed by atoms with Crippen molar-refractivity contribution in [2.24, 2.45) is 5.84 Å². The maximum Gasteiger partial charge on any atom is 0.0947 e. The highest BCUT2D eigenvalue weighted by atomic mass is 32.1. The molecule has 2 rings (SSSR count). The van der Waals surface area contributed by atoms with Crippen LogP contribution in [0, 0.1) is 6.92 Å². The minimum atomic E-state index is 0.0935. The maximum absolute atomic E-state index is 5.80. The van der Waals surface area contributed by atoms with Crippen molar-refractivity contribution in [2.75, 3.05) is 0 Å². The third-order valence-corrected chi connectivity index (χ3v) is 4.38. The number of nitrogens with one attached hydrogen (secondary N) is 1. The summed E-state index contributed by atoms with van der Waals surface area (Å²) in [7, 11) is 0. The molecular formula is C16H23N3S. The molecule has 1 unspecified atom stereocenters. The Morgan fingerprint density at radius 3 is 2.55 bits per heavy atom. The maximum atomic E-state index is 5.80. The normalized spacial score (nSPS) is 13.4. The van der Waals surface area contributed by atoms with Crippen LogP contribution in [0.1, 0.15) is 48.6 Å². The quantitative estimate of drug-likeness (QED) is 0.669. The zero-order valence-corrected chi connectivity index (χ0v) is 13.4. The van der Waals surface area contributed by atoms with E-state index in [4.69, 9.17) is 5.84 Å². The summed E-state index contributed by atoms with van der Waals surface area (Å²) in [6, 6.07) is 8.60. The van der Waals surface area contributed by atoms with Crippen LogP contribution in [-0.4, -0.2) is 4.98 Å². The number of hydrazine groups is 1. The molecule has 0 aliphatic carbocycles. The van der Waals surface area contributed by atoms with Gasteiger partial charge in [-0.05, 0) is 23.5 Å². The highest BCUT2D eigenvalue weighted by Gasteiger charge is 2.22. The van der Waals surface area contributed by atoms with Gasteiger partial charge in [-0.25, -0.2) is 4.98 Å². The minimum Gasteiger partial charge on any atom is -0.271 e. The predicted octanol–water partition coefficient (Wildman–Crippen LogP) is 3.50. The monoisotopic (exact) mass is 289 g/mol. The second-order valence-electron chi connectivity index (χ2n) is 6.14. The lowest BCUT2D eigenvalue weighted by molar-refractivity contribution is 0.517. The summed E-state index contributed by atoms with van der Waals surface area (Å²) in [6.07, 6.45) is 0.822. The van der Waals surface area contributed by atoms with Crippen LogP contribution < -0.4 is 11.3 Å². The van der Waals surface area contributed by atoms with Gasteiger partial charge in [-0.15, -0.1) is 11.3 Å². The van der Waals surface area contributed by atoms with Gasteiger partial charge in [-0.3, -0.25) is 11.3 Å². The topological polar surface area (TPSA) is 50.9 Å². The average Bonchev–Trinajstić information content (AvgIpc) is 2.80. The minimum absolute atomic E-state index is 0.0935. The molecule has 0 spiro atoms. The summed E-state index contributed by atoms with van der Waals surface area (Å²) in [4.78, 5) is 4.54. The summed E-state index contributed by atoms with van der Waals surface area (Å²) in [6.45, 7) is 8.71. The van der Waals surface area contributed by atoms with Crippen molar-refractivity contribution in [3.8, 4) is 0 Å². The Morgan fingerprint density at radius 2 is 2.00 bits per heavy atom. The van der Waals surface area contributed by atoms with Crippen LogP contribution in [0.25, 0.3) is 0 Å². The zero-order chi connectivity index (χ0) is 14.8. The van der Waals surface area contributed by atoms with Gasteiger partial charge >= 0.3 is 0 Å². The molecule has 0 saturated heterocycles. The average molecular weight is 289 g/mol. The summed E-state index contributed by atoms with van der Waals surface area (Å²) in [5, 5.41) is 3.20. The molecule has 20 heavy (non-hydrogen) atoms. The summed E-state index contributed by atoms with van der Waals surface area (Å²) >= 11 is 1.69. The summed E-state index contributed by atoms with van der Waals surface area (Å²) < 4.78 is 0. The fourth-order valence-corrected chi connectivity index (χ4v) is 3.23. The Bertz CT molecular complexity index is 569. The molecule has 2 aromatic rings. The van der Waals surface area contributed by atoms with Crippen molar-refractivity contribution in [3.63, 3.8) is 0 Å². The van der Waals surface area contributed by atoms with Crippen LogP contribution in [0.5, 0.6) is 0 Å².